The molecule has 0 aromatic carbocycles. The molecule has 0 unspecified atom stereocenters. The highest BCUT2D eigenvalue weighted by Gasteiger charge is 2.23. The van der Waals surface area contributed by atoms with Crippen LogP contribution < -0.4 is 0 Å². The summed E-state index contributed by atoms with van der Waals surface area (Å²) in [4.78, 5) is 6.51. The Bertz CT molecular complexity index is 597. The standard InChI is InChI=1S/C13H19N5S/c1-13(2,17(3)4)9-18-11(15-16-12(18)19)10-7-5-6-8-14-10/h5-8H,9H2,1-4H3,(H,16,19). The van der Waals surface area contributed by atoms with Crippen molar-refractivity contribution in [3.63, 3.8) is 0 Å². The van der Waals surface area contributed by atoms with Gasteiger partial charge in [-0.3, -0.25) is 14.6 Å². The summed E-state index contributed by atoms with van der Waals surface area (Å²) in [5.74, 6) is 0.778. The quantitative estimate of drug-likeness (QED) is 0.872. The average molecular weight is 277 g/mol. The molecule has 0 bridgehead atoms. The normalized spacial score (nSPS) is 12.1. The molecule has 19 heavy (non-hydrogen) atoms. The number of nitrogens with zero attached hydrogens (tertiary/aromatic N) is 4. The van der Waals surface area contributed by atoms with E-state index in [4.69, 9.17) is 12.2 Å². The molecule has 0 radical (unpaired) electrons. The largest absolute Gasteiger partial charge is 0.302 e. The van der Waals surface area contributed by atoms with Crippen molar-refractivity contribution in [2.45, 2.75) is 25.9 Å². The van der Waals surface area contributed by atoms with Gasteiger partial charge in [-0.05, 0) is 52.3 Å². The molecule has 2 aromatic heterocycles. The van der Waals surface area contributed by atoms with E-state index in [1.807, 2.05) is 22.8 Å². The topological polar surface area (TPSA) is 49.7 Å². The number of rotatable bonds is 4. The summed E-state index contributed by atoms with van der Waals surface area (Å²) in [7, 11) is 4.12. The van der Waals surface area contributed by atoms with Crippen molar-refractivity contribution in [2.75, 3.05) is 14.1 Å². The second-order valence-electron chi connectivity index (χ2n) is 5.36. The van der Waals surface area contributed by atoms with Crippen molar-refractivity contribution in [2.24, 2.45) is 0 Å². The Hall–Kier alpha value is -1.53. The molecule has 5 nitrogen and oxygen atoms in total. The van der Waals surface area contributed by atoms with Crippen LogP contribution in [-0.4, -0.2) is 44.3 Å². The molecule has 0 fully saturated rings. The van der Waals surface area contributed by atoms with Crippen molar-refractivity contribution < 1.29 is 0 Å². The van der Waals surface area contributed by atoms with Crippen molar-refractivity contribution in [3.8, 4) is 11.5 Å². The van der Waals surface area contributed by atoms with Gasteiger partial charge < -0.3 is 4.90 Å². The zero-order chi connectivity index (χ0) is 14.0. The van der Waals surface area contributed by atoms with Crippen molar-refractivity contribution in [1.29, 1.82) is 0 Å². The molecule has 0 saturated heterocycles. The molecule has 0 spiro atoms. The van der Waals surface area contributed by atoms with E-state index in [9.17, 15) is 0 Å². The van der Waals surface area contributed by atoms with Gasteiger partial charge in [-0.2, -0.15) is 5.10 Å². The molecule has 0 aliphatic heterocycles. The lowest BCUT2D eigenvalue weighted by Crippen LogP contribution is -2.42. The first-order valence-corrected chi connectivity index (χ1v) is 6.57. The van der Waals surface area contributed by atoms with Gasteiger partial charge in [0.15, 0.2) is 10.6 Å². The minimum atomic E-state index is -0.0222. The Morgan fingerprint density at radius 3 is 2.68 bits per heavy atom. The predicted octanol–water partition coefficient (Wildman–Crippen LogP) is 2.34. The third kappa shape index (κ3) is 2.90. The van der Waals surface area contributed by atoms with Gasteiger partial charge in [-0.15, -0.1) is 0 Å². The third-order valence-corrected chi connectivity index (χ3v) is 3.72. The molecule has 0 amide bonds. The Labute approximate surface area is 118 Å². The molecule has 0 atom stereocenters. The molecule has 0 aliphatic rings. The van der Waals surface area contributed by atoms with E-state index in [-0.39, 0.29) is 5.54 Å². The monoisotopic (exact) mass is 277 g/mol. The fraction of sp³-hybridized carbons (Fsp3) is 0.462. The van der Waals surface area contributed by atoms with Gasteiger partial charge in [0.2, 0.25) is 0 Å². The van der Waals surface area contributed by atoms with Crippen LogP contribution >= 0.6 is 12.2 Å². The minimum absolute atomic E-state index is 0.0222. The maximum absolute atomic E-state index is 5.33. The molecule has 6 heteroatoms. The molecule has 0 saturated carbocycles. The zero-order valence-electron chi connectivity index (χ0n) is 11.7. The van der Waals surface area contributed by atoms with Crippen LogP contribution in [0.25, 0.3) is 11.5 Å². The highest BCUT2D eigenvalue weighted by molar-refractivity contribution is 7.71. The van der Waals surface area contributed by atoms with Crippen LogP contribution in [0.4, 0.5) is 0 Å². The van der Waals surface area contributed by atoms with Gasteiger partial charge in [0.1, 0.15) is 5.69 Å². The van der Waals surface area contributed by atoms with E-state index >= 15 is 0 Å². The van der Waals surface area contributed by atoms with Gasteiger partial charge >= 0.3 is 0 Å². The van der Waals surface area contributed by atoms with E-state index in [2.05, 4.69) is 48.0 Å². The first kappa shape index (κ1) is 13.9. The fourth-order valence-electron chi connectivity index (χ4n) is 1.68. The summed E-state index contributed by atoms with van der Waals surface area (Å²) in [6.45, 7) is 5.09. The molecular weight excluding hydrogens is 258 g/mol. The molecule has 2 aromatic rings. The number of aromatic nitrogens is 4. The maximum Gasteiger partial charge on any atom is 0.195 e. The Morgan fingerprint density at radius 2 is 2.11 bits per heavy atom. The number of nitrogens with one attached hydrogen (secondary N) is 1. The van der Waals surface area contributed by atoms with Crippen molar-refractivity contribution in [1.82, 2.24) is 24.6 Å². The van der Waals surface area contributed by atoms with Crippen LogP contribution in [0.3, 0.4) is 0 Å². The lowest BCUT2D eigenvalue weighted by atomic mass is 10.0. The highest BCUT2D eigenvalue weighted by Crippen LogP contribution is 2.19. The summed E-state index contributed by atoms with van der Waals surface area (Å²) >= 11 is 5.33. The van der Waals surface area contributed by atoms with Crippen LogP contribution in [0, 0.1) is 4.77 Å². The molecule has 102 valence electrons. The predicted molar refractivity (Wildman–Crippen MR) is 78.4 cm³/mol. The van der Waals surface area contributed by atoms with Gasteiger partial charge in [0.05, 0.1) is 0 Å². The number of H-pyrrole nitrogens is 1. The second kappa shape index (κ2) is 5.22. The zero-order valence-corrected chi connectivity index (χ0v) is 12.5. The van der Waals surface area contributed by atoms with E-state index in [1.54, 1.807) is 6.20 Å². The van der Waals surface area contributed by atoms with Crippen molar-refractivity contribution >= 4 is 12.2 Å². The van der Waals surface area contributed by atoms with Crippen LogP contribution in [0.15, 0.2) is 24.4 Å². The number of hydrogen-bond donors (Lipinski definition) is 1. The summed E-state index contributed by atoms with van der Waals surface area (Å²) < 4.78 is 2.62. The number of hydrogen-bond acceptors (Lipinski definition) is 4. The van der Waals surface area contributed by atoms with Crippen molar-refractivity contribution in [3.05, 3.63) is 29.2 Å². The first-order valence-electron chi connectivity index (χ1n) is 6.16. The van der Waals surface area contributed by atoms with Crippen LogP contribution in [-0.2, 0) is 6.54 Å². The first-order chi connectivity index (χ1) is 8.92. The van der Waals surface area contributed by atoms with Gasteiger partial charge in [0.25, 0.3) is 0 Å². The highest BCUT2D eigenvalue weighted by atomic mass is 32.1. The van der Waals surface area contributed by atoms with Gasteiger partial charge in [-0.25, -0.2) is 0 Å². The SMILES string of the molecule is CN(C)C(C)(C)Cn1c(-c2ccccn2)n[nH]c1=S. The smallest absolute Gasteiger partial charge is 0.195 e. The number of aromatic amines is 1. The molecule has 0 aliphatic carbocycles. The molecule has 2 rings (SSSR count). The molecule has 2 heterocycles. The Balaban J connectivity index is 2.42. The Kier molecular flexibility index (Phi) is 3.82. The average Bonchev–Trinajstić information content (AvgIpc) is 2.71. The number of pyridine rings is 1. The summed E-state index contributed by atoms with van der Waals surface area (Å²) in [5, 5.41) is 7.15. The third-order valence-electron chi connectivity index (χ3n) is 3.41. The van der Waals surface area contributed by atoms with E-state index in [0.717, 1.165) is 18.1 Å². The van der Waals surface area contributed by atoms with Crippen LogP contribution in [0.1, 0.15) is 13.8 Å². The van der Waals surface area contributed by atoms with E-state index in [1.165, 1.54) is 0 Å². The Morgan fingerprint density at radius 1 is 1.37 bits per heavy atom. The summed E-state index contributed by atoms with van der Waals surface area (Å²) in [6, 6.07) is 5.77. The molecule has 1 N–H and O–H groups in total. The second-order valence-corrected chi connectivity index (χ2v) is 5.75. The van der Waals surface area contributed by atoms with E-state index in [0.29, 0.717) is 4.77 Å². The minimum Gasteiger partial charge on any atom is -0.302 e. The van der Waals surface area contributed by atoms with Crippen LogP contribution in [0.2, 0.25) is 0 Å². The summed E-state index contributed by atoms with van der Waals surface area (Å²) in [6.07, 6.45) is 1.76. The van der Waals surface area contributed by atoms with E-state index < -0.39 is 0 Å². The summed E-state index contributed by atoms with van der Waals surface area (Å²) in [5.41, 5.74) is 0.801. The lowest BCUT2D eigenvalue weighted by molar-refractivity contribution is 0.169. The number of likely N-dealkylation sites (N-methyl/N-ethyl adjacent to an activating group) is 1. The maximum atomic E-state index is 5.33. The van der Waals surface area contributed by atoms with Gasteiger partial charge in [0, 0.05) is 18.3 Å². The van der Waals surface area contributed by atoms with Crippen LogP contribution in [0.5, 0.6) is 0 Å². The van der Waals surface area contributed by atoms with Gasteiger partial charge in [-0.1, -0.05) is 6.07 Å². The molecular formula is C13H19N5S. The lowest BCUT2D eigenvalue weighted by Gasteiger charge is -2.33. The fourth-order valence-corrected chi connectivity index (χ4v) is 1.88.